The molecule has 1 aliphatic rings. The minimum atomic E-state index is -0.355. The Bertz CT molecular complexity index is 1520. The number of hydrogen-bond acceptors (Lipinski definition) is 3. The number of hydrogen-bond donors (Lipinski definition) is 0. The van der Waals surface area contributed by atoms with Crippen LogP contribution in [0, 0.1) is 10.1 Å². The Hall–Kier alpha value is -4.18. The van der Waals surface area contributed by atoms with Crippen LogP contribution in [0.1, 0.15) is 5.56 Å². The molecule has 0 bridgehead atoms. The number of benzene rings is 5. The van der Waals surface area contributed by atoms with Gasteiger partial charge in [0.25, 0.3) is 5.69 Å². The molecule has 0 radical (unpaired) electrons. The van der Waals surface area contributed by atoms with Crippen molar-refractivity contribution in [3.63, 3.8) is 0 Å². The van der Waals surface area contributed by atoms with Crippen molar-refractivity contribution < 1.29 is 9.66 Å². The number of non-ortho nitro benzene ring substituents is 1. The Morgan fingerprint density at radius 2 is 1.58 bits per heavy atom. The van der Waals surface area contributed by atoms with E-state index >= 15 is 0 Å². The fourth-order valence-electron chi connectivity index (χ4n) is 4.65. The zero-order valence-corrected chi connectivity index (χ0v) is 16.5. The van der Waals surface area contributed by atoms with Gasteiger partial charge >= 0.3 is 0 Å². The molecule has 1 aliphatic heterocycles. The average molecular weight is 403 g/mol. The van der Waals surface area contributed by atoms with Crippen LogP contribution in [-0.4, -0.2) is 4.92 Å². The van der Waals surface area contributed by atoms with Gasteiger partial charge in [-0.3, -0.25) is 10.1 Å². The van der Waals surface area contributed by atoms with Gasteiger partial charge in [-0.1, -0.05) is 72.8 Å². The highest BCUT2D eigenvalue weighted by Gasteiger charge is 2.22. The normalized spacial score (nSPS) is 12.3. The van der Waals surface area contributed by atoms with Crippen molar-refractivity contribution in [2.75, 3.05) is 0 Å². The lowest BCUT2D eigenvalue weighted by Gasteiger charge is -2.24. The molecule has 0 unspecified atom stereocenters. The van der Waals surface area contributed by atoms with Gasteiger partial charge in [0.1, 0.15) is 12.4 Å². The van der Waals surface area contributed by atoms with E-state index in [4.69, 9.17) is 4.74 Å². The summed E-state index contributed by atoms with van der Waals surface area (Å²) in [6, 6.07) is 29.7. The van der Waals surface area contributed by atoms with Gasteiger partial charge in [0.05, 0.1) is 4.92 Å². The van der Waals surface area contributed by atoms with Crippen molar-refractivity contribution >= 4 is 27.2 Å². The smallest absolute Gasteiger partial charge is 0.270 e. The lowest BCUT2D eigenvalue weighted by atomic mass is 9.87. The highest BCUT2D eigenvalue weighted by molar-refractivity contribution is 6.06. The molecule has 4 heteroatoms. The minimum Gasteiger partial charge on any atom is -0.488 e. The van der Waals surface area contributed by atoms with Gasteiger partial charge < -0.3 is 4.74 Å². The topological polar surface area (TPSA) is 52.4 Å². The quantitative estimate of drug-likeness (QED) is 0.233. The van der Waals surface area contributed by atoms with Gasteiger partial charge in [-0.05, 0) is 44.3 Å². The van der Waals surface area contributed by atoms with Crippen LogP contribution < -0.4 is 4.74 Å². The Morgan fingerprint density at radius 3 is 2.48 bits per heavy atom. The van der Waals surface area contributed by atoms with E-state index in [9.17, 15) is 10.1 Å². The Kier molecular flexibility index (Phi) is 3.80. The van der Waals surface area contributed by atoms with Gasteiger partial charge in [0.2, 0.25) is 0 Å². The van der Waals surface area contributed by atoms with E-state index in [1.165, 1.54) is 22.4 Å². The highest BCUT2D eigenvalue weighted by atomic mass is 16.6. The zero-order chi connectivity index (χ0) is 20.9. The highest BCUT2D eigenvalue weighted by Crippen LogP contribution is 2.45. The van der Waals surface area contributed by atoms with Crippen LogP contribution >= 0.6 is 0 Å². The van der Waals surface area contributed by atoms with E-state index < -0.39 is 0 Å². The first-order chi connectivity index (χ1) is 15.2. The summed E-state index contributed by atoms with van der Waals surface area (Å²) in [5, 5.41) is 15.8. The Labute approximate surface area is 178 Å². The van der Waals surface area contributed by atoms with Gasteiger partial charge in [-0.15, -0.1) is 0 Å². The summed E-state index contributed by atoms with van der Waals surface area (Å²) >= 11 is 0. The largest absolute Gasteiger partial charge is 0.488 e. The number of fused-ring (bicyclic) bond motifs is 7. The summed E-state index contributed by atoms with van der Waals surface area (Å²) in [5.74, 6) is 0.903. The summed E-state index contributed by atoms with van der Waals surface area (Å²) in [6.45, 7) is 0.496. The van der Waals surface area contributed by atoms with Crippen molar-refractivity contribution in [2.24, 2.45) is 0 Å². The average Bonchev–Trinajstić information content (AvgIpc) is 2.83. The van der Waals surface area contributed by atoms with E-state index in [-0.39, 0.29) is 10.6 Å². The van der Waals surface area contributed by atoms with Crippen LogP contribution in [0.5, 0.6) is 5.75 Å². The van der Waals surface area contributed by atoms with Gasteiger partial charge in [-0.2, -0.15) is 0 Å². The molecule has 0 aliphatic carbocycles. The Morgan fingerprint density at radius 1 is 0.742 bits per heavy atom. The molecule has 6 rings (SSSR count). The molecule has 0 N–H and O–H groups in total. The molecule has 31 heavy (non-hydrogen) atoms. The van der Waals surface area contributed by atoms with Crippen molar-refractivity contribution in [2.45, 2.75) is 6.61 Å². The summed E-state index contributed by atoms with van der Waals surface area (Å²) in [5.41, 5.74) is 5.36. The molecular weight excluding hydrogens is 386 g/mol. The van der Waals surface area contributed by atoms with Crippen molar-refractivity contribution in [1.82, 2.24) is 0 Å². The van der Waals surface area contributed by atoms with E-state index in [0.717, 1.165) is 38.8 Å². The maximum Gasteiger partial charge on any atom is 0.270 e. The van der Waals surface area contributed by atoms with Gasteiger partial charge in [0.15, 0.2) is 0 Å². The van der Waals surface area contributed by atoms with Crippen LogP contribution in [0.3, 0.4) is 0 Å². The summed E-state index contributed by atoms with van der Waals surface area (Å²) < 4.78 is 6.17. The summed E-state index contributed by atoms with van der Waals surface area (Å²) in [4.78, 5) is 10.9. The summed E-state index contributed by atoms with van der Waals surface area (Å²) in [6.07, 6.45) is 0. The van der Waals surface area contributed by atoms with Gasteiger partial charge in [0, 0.05) is 23.3 Å². The molecular formula is C27H17NO3. The van der Waals surface area contributed by atoms with E-state index in [1.807, 2.05) is 30.3 Å². The molecule has 0 amide bonds. The third kappa shape index (κ3) is 2.69. The van der Waals surface area contributed by atoms with E-state index in [2.05, 4.69) is 42.5 Å². The number of nitro benzene ring substituents is 1. The molecule has 148 valence electrons. The fraction of sp³-hybridized carbons (Fsp3) is 0.0370. The molecule has 5 aromatic rings. The van der Waals surface area contributed by atoms with Crippen molar-refractivity contribution in [3.05, 3.63) is 107 Å². The molecule has 0 spiro atoms. The standard InChI is InChI=1S/C27H17NO3/c29-28(30)19-7-3-6-18(15-19)20-9-4-10-22-23(20)12-13-24-25(22)16-31-26-14-11-17-5-1-2-8-21(17)27(24)26/h1-15H,16H2. The first kappa shape index (κ1) is 17.7. The second kappa shape index (κ2) is 6.67. The van der Waals surface area contributed by atoms with Crippen LogP contribution in [0.2, 0.25) is 0 Å². The molecule has 0 saturated carbocycles. The minimum absolute atomic E-state index is 0.0937. The lowest BCUT2D eigenvalue weighted by molar-refractivity contribution is -0.384. The molecule has 0 saturated heterocycles. The molecule has 0 atom stereocenters. The van der Waals surface area contributed by atoms with Gasteiger partial charge in [-0.25, -0.2) is 0 Å². The maximum absolute atomic E-state index is 11.3. The number of ether oxygens (including phenoxy) is 1. The molecule has 5 aromatic carbocycles. The Balaban J connectivity index is 1.61. The number of nitrogens with zero attached hydrogens (tertiary/aromatic N) is 1. The van der Waals surface area contributed by atoms with Crippen molar-refractivity contribution in [3.8, 4) is 28.0 Å². The monoisotopic (exact) mass is 403 g/mol. The van der Waals surface area contributed by atoms with Crippen LogP contribution in [-0.2, 0) is 6.61 Å². The van der Waals surface area contributed by atoms with Crippen LogP contribution in [0.25, 0.3) is 43.8 Å². The first-order valence-electron chi connectivity index (χ1n) is 10.1. The molecule has 1 heterocycles. The molecule has 0 fully saturated rings. The first-order valence-corrected chi connectivity index (χ1v) is 10.1. The predicted octanol–water partition coefficient (Wildman–Crippen LogP) is 7.13. The van der Waals surface area contributed by atoms with Crippen LogP contribution in [0.15, 0.2) is 91.0 Å². The van der Waals surface area contributed by atoms with E-state index in [0.29, 0.717) is 6.61 Å². The number of rotatable bonds is 2. The summed E-state index contributed by atoms with van der Waals surface area (Å²) in [7, 11) is 0. The molecule has 4 nitrogen and oxygen atoms in total. The third-order valence-electron chi connectivity index (χ3n) is 6.07. The second-order valence-electron chi connectivity index (χ2n) is 7.75. The van der Waals surface area contributed by atoms with Crippen LogP contribution in [0.4, 0.5) is 5.69 Å². The molecule has 0 aromatic heterocycles. The number of nitro groups is 1. The van der Waals surface area contributed by atoms with E-state index in [1.54, 1.807) is 12.1 Å². The van der Waals surface area contributed by atoms with Crippen molar-refractivity contribution in [1.29, 1.82) is 0 Å². The predicted molar refractivity (Wildman–Crippen MR) is 123 cm³/mol. The fourth-order valence-corrected chi connectivity index (χ4v) is 4.65. The zero-order valence-electron chi connectivity index (χ0n) is 16.5. The lowest BCUT2D eigenvalue weighted by Crippen LogP contribution is -2.06. The second-order valence-corrected chi connectivity index (χ2v) is 7.75. The third-order valence-corrected chi connectivity index (χ3v) is 6.07. The SMILES string of the molecule is O=[N+]([O-])c1cccc(-c2cccc3c4c(ccc23)-c2c(ccc3ccccc23)OC4)c1. The maximum atomic E-state index is 11.3.